The number of amidine groups is 1. The summed E-state index contributed by atoms with van der Waals surface area (Å²) < 4.78 is 0. The molecule has 2 aliphatic heterocycles. The lowest BCUT2D eigenvalue weighted by Gasteiger charge is -2.33. The van der Waals surface area contributed by atoms with Crippen LogP contribution >= 0.6 is 11.8 Å². The Hall–Kier alpha value is -1.00. The van der Waals surface area contributed by atoms with E-state index < -0.39 is 0 Å². The van der Waals surface area contributed by atoms with Crippen LogP contribution in [-0.4, -0.2) is 41.5 Å². The van der Waals surface area contributed by atoms with E-state index in [0.717, 1.165) is 30.6 Å². The quantitative estimate of drug-likeness (QED) is 0.917. The van der Waals surface area contributed by atoms with Gasteiger partial charge in [-0.25, -0.2) is 0 Å². The van der Waals surface area contributed by atoms with Gasteiger partial charge in [0.1, 0.15) is 0 Å². The first-order valence-electron chi connectivity index (χ1n) is 7.10. The summed E-state index contributed by atoms with van der Waals surface area (Å²) in [7, 11) is 0. The predicted octanol–water partition coefficient (Wildman–Crippen LogP) is 2.34. The van der Waals surface area contributed by atoms with E-state index in [2.05, 4.69) is 45.5 Å². The van der Waals surface area contributed by atoms with Gasteiger partial charge in [0.25, 0.3) is 0 Å². The number of hydrogen-bond donors (Lipinski definition) is 1. The summed E-state index contributed by atoms with van der Waals surface area (Å²) in [4.78, 5) is 7.04. The lowest BCUT2D eigenvalue weighted by Crippen LogP contribution is -2.46. The van der Waals surface area contributed by atoms with Gasteiger partial charge in [-0.05, 0) is 24.9 Å². The number of hydrogen-bond acceptors (Lipinski definition) is 4. The molecule has 3 rings (SSSR count). The first-order chi connectivity index (χ1) is 9.40. The molecule has 1 N–H and O–H groups in total. The molecule has 1 saturated heterocycles. The Kier molecular flexibility index (Phi) is 4.41. The van der Waals surface area contributed by atoms with Crippen molar-refractivity contribution in [3.8, 4) is 0 Å². The SMILES string of the molecule is c1ccc(CN2CCCC(NC3=NCCS3)C2)cc1. The van der Waals surface area contributed by atoms with Gasteiger partial charge in [-0.1, -0.05) is 42.1 Å². The highest BCUT2D eigenvalue weighted by Crippen LogP contribution is 2.16. The van der Waals surface area contributed by atoms with Crippen LogP contribution in [0, 0.1) is 0 Å². The van der Waals surface area contributed by atoms with Crippen molar-refractivity contribution in [1.82, 2.24) is 10.2 Å². The van der Waals surface area contributed by atoms with Gasteiger partial charge in [0.15, 0.2) is 5.17 Å². The molecule has 0 amide bonds. The normalized spacial score (nSPS) is 24.2. The molecule has 0 spiro atoms. The maximum atomic E-state index is 4.49. The Morgan fingerprint density at radius 2 is 2.21 bits per heavy atom. The predicted molar refractivity (Wildman–Crippen MR) is 82.6 cm³/mol. The average molecular weight is 275 g/mol. The average Bonchev–Trinajstić information content (AvgIpc) is 2.93. The van der Waals surface area contributed by atoms with Crippen molar-refractivity contribution in [2.45, 2.75) is 25.4 Å². The van der Waals surface area contributed by atoms with Gasteiger partial charge < -0.3 is 5.32 Å². The van der Waals surface area contributed by atoms with Crippen molar-refractivity contribution in [3.63, 3.8) is 0 Å². The van der Waals surface area contributed by atoms with Gasteiger partial charge >= 0.3 is 0 Å². The van der Waals surface area contributed by atoms with E-state index in [-0.39, 0.29) is 0 Å². The zero-order chi connectivity index (χ0) is 12.9. The van der Waals surface area contributed by atoms with Gasteiger partial charge in [-0.3, -0.25) is 9.89 Å². The third kappa shape index (κ3) is 3.74. The van der Waals surface area contributed by atoms with Crippen molar-refractivity contribution < 1.29 is 0 Å². The number of aliphatic imine (C=N–C) groups is 1. The zero-order valence-corrected chi connectivity index (χ0v) is 12.0. The minimum atomic E-state index is 0.571. The summed E-state index contributed by atoms with van der Waals surface area (Å²) >= 11 is 1.86. The zero-order valence-electron chi connectivity index (χ0n) is 11.2. The van der Waals surface area contributed by atoms with Crippen LogP contribution < -0.4 is 5.32 Å². The Morgan fingerprint density at radius 3 is 3.00 bits per heavy atom. The summed E-state index contributed by atoms with van der Waals surface area (Å²) in [5.74, 6) is 1.14. The first-order valence-corrected chi connectivity index (χ1v) is 8.09. The van der Waals surface area contributed by atoms with E-state index in [1.165, 1.54) is 24.9 Å². The highest BCUT2D eigenvalue weighted by molar-refractivity contribution is 8.14. The Balaban J connectivity index is 1.53. The van der Waals surface area contributed by atoms with E-state index >= 15 is 0 Å². The molecule has 0 saturated carbocycles. The van der Waals surface area contributed by atoms with Gasteiger partial charge in [-0.2, -0.15) is 0 Å². The van der Waals surface area contributed by atoms with Crippen molar-refractivity contribution in [2.24, 2.45) is 4.99 Å². The molecule has 1 atom stereocenters. The molecule has 0 radical (unpaired) electrons. The summed E-state index contributed by atoms with van der Waals surface area (Å²) in [6, 6.07) is 11.3. The summed E-state index contributed by atoms with van der Waals surface area (Å²) in [5, 5.41) is 4.76. The molecule has 1 unspecified atom stereocenters. The first kappa shape index (κ1) is 13.0. The number of rotatable bonds is 3. The molecule has 2 aliphatic rings. The number of thioether (sulfide) groups is 1. The Morgan fingerprint density at radius 1 is 1.32 bits per heavy atom. The molecule has 1 aromatic rings. The number of piperidine rings is 1. The molecule has 0 aliphatic carbocycles. The molecule has 19 heavy (non-hydrogen) atoms. The fourth-order valence-corrected chi connectivity index (χ4v) is 3.56. The minimum Gasteiger partial charge on any atom is -0.361 e. The molecule has 4 heteroatoms. The Labute approximate surface area is 119 Å². The van der Waals surface area contributed by atoms with Crippen LogP contribution in [0.3, 0.4) is 0 Å². The molecule has 3 nitrogen and oxygen atoms in total. The summed E-state index contributed by atoms with van der Waals surface area (Å²) in [5.41, 5.74) is 1.41. The van der Waals surface area contributed by atoms with E-state index in [0.29, 0.717) is 6.04 Å². The smallest absolute Gasteiger partial charge is 0.156 e. The van der Waals surface area contributed by atoms with Gasteiger partial charge in [0.2, 0.25) is 0 Å². The molecular formula is C15H21N3S. The molecule has 102 valence electrons. The Bertz CT molecular complexity index is 432. The summed E-state index contributed by atoms with van der Waals surface area (Å²) in [6.07, 6.45) is 2.55. The third-order valence-electron chi connectivity index (χ3n) is 3.67. The standard InChI is InChI=1S/C15H21N3S/c1-2-5-13(6-3-1)11-18-9-4-7-14(12-18)17-15-16-8-10-19-15/h1-3,5-6,14H,4,7-12H2,(H,16,17). The molecule has 1 aromatic carbocycles. The second-order valence-corrected chi connectivity index (χ2v) is 6.32. The molecule has 0 bridgehead atoms. The molecule has 1 fully saturated rings. The van der Waals surface area contributed by atoms with Crippen molar-refractivity contribution >= 4 is 16.9 Å². The second kappa shape index (κ2) is 6.44. The van der Waals surface area contributed by atoms with Crippen LogP contribution in [0.4, 0.5) is 0 Å². The number of benzene rings is 1. The topological polar surface area (TPSA) is 27.6 Å². The van der Waals surface area contributed by atoms with Crippen LogP contribution in [0.2, 0.25) is 0 Å². The highest BCUT2D eigenvalue weighted by Gasteiger charge is 2.21. The number of nitrogens with zero attached hydrogens (tertiary/aromatic N) is 2. The third-order valence-corrected chi connectivity index (χ3v) is 4.57. The van der Waals surface area contributed by atoms with Crippen molar-refractivity contribution in [2.75, 3.05) is 25.4 Å². The lowest BCUT2D eigenvalue weighted by molar-refractivity contribution is 0.193. The highest BCUT2D eigenvalue weighted by atomic mass is 32.2. The second-order valence-electron chi connectivity index (χ2n) is 5.24. The molecular weight excluding hydrogens is 254 g/mol. The summed E-state index contributed by atoms with van der Waals surface area (Å²) in [6.45, 7) is 4.40. The van der Waals surface area contributed by atoms with E-state index in [1.54, 1.807) is 0 Å². The maximum absolute atomic E-state index is 4.49. The van der Waals surface area contributed by atoms with Crippen LogP contribution in [0.1, 0.15) is 18.4 Å². The monoisotopic (exact) mass is 275 g/mol. The van der Waals surface area contributed by atoms with Gasteiger partial charge in [0.05, 0.1) is 6.54 Å². The molecule has 0 aromatic heterocycles. The van der Waals surface area contributed by atoms with Crippen LogP contribution in [-0.2, 0) is 6.54 Å². The lowest BCUT2D eigenvalue weighted by atomic mass is 10.1. The van der Waals surface area contributed by atoms with Crippen LogP contribution in [0.15, 0.2) is 35.3 Å². The maximum Gasteiger partial charge on any atom is 0.156 e. The fourth-order valence-electron chi connectivity index (χ4n) is 2.76. The number of likely N-dealkylation sites (tertiary alicyclic amines) is 1. The minimum absolute atomic E-state index is 0.571. The van der Waals surface area contributed by atoms with Crippen molar-refractivity contribution in [3.05, 3.63) is 35.9 Å². The van der Waals surface area contributed by atoms with Crippen LogP contribution in [0.5, 0.6) is 0 Å². The largest absolute Gasteiger partial charge is 0.361 e. The van der Waals surface area contributed by atoms with Crippen molar-refractivity contribution in [1.29, 1.82) is 0 Å². The fraction of sp³-hybridized carbons (Fsp3) is 0.533. The van der Waals surface area contributed by atoms with Gasteiger partial charge in [0, 0.05) is 24.9 Å². The van der Waals surface area contributed by atoms with E-state index in [1.807, 2.05) is 11.8 Å². The van der Waals surface area contributed by atoms with Gasteiger partial charge in [-0.15, -0.1) is 0 Å². The number of nitrogens with one attached hydrogen (secondary N) is 1. The van der Waals surface area contributed by atoms with E-state index in [9.17, 15) is 0 Å². The van der Waals surface area contributed by atoms with Crippen LogP contribution in [0.25, 0.3) is 0 Å². The molecule has 2 heterocycles. The van der Waals surface area contributed by atoms with E-state index in [4.69, 9.17) is 0 Å².